The van der Waals surface area contributed by atoms with Crippen molar-refractivity contribution in [3.63, 3.8) is 0 Å². The standard InChI is InChI=1S/C22H29N5O/c28-21(18-14-22(18)9-3-1-4-10-22)26-12-7-17(8-13-26)15-27-16-20(24-25-27)19-6-2-5-11-23-19/h2,5-6,11,16-18H,1,3-4,7-10,12-15H2. The maximum atomic E-state index is 13.0. The fraction of sp³-hybridized carbons (Fsp3) is 0.636. The second-order valence-electron chi connectivity index (χ2n) is 8.99. The van der Waals surface area contributed by atoms with Gasteiger partial charge < -0.3 is 4.90 Å². The first kappa shape index (κ1) is 17.8. The van der Waals surface area contributed by atoms with Crippen molar-refractivity contribution in [2.75, 3.05) is 13.1 Å². The van der Waals surface area contributed by atoms with Gasteiger partial charge in [0.2, 0.25) is 5.91 Å². The van der Waals surface area contributed by atoms with Crippen LogP contribution in [-0.2, 0) is 11.3 Å². The van der Waals surface area contributed by atoms with Crippen LogP contribution in [0.25, 0.3) is 11.4 Å². The van der Waals surface area contributed by atoms with E-state index < -0.39 is 0 Å². The predicted octanol–water partition coefficient (Wildman–Crippen LogP) is 3.55. The molecule has 2 aromatic rings. The molecule has 0 aromatic carbocycles. The van der Waals surface area contributed by atoms with E-state index in [4.69, 9.17) is 0 Å². The molecular formula is C22H29N5O. The lowest BCUT2D eigenvalue weighted by molar-refractivity contribution is -0.135. The van der Waals surface area contributed by atoms with Gasteiger partial charge in [-0.25, -0.2) is 0 Å². The SMILES string of the molecule is O=C(C1CC12CCCCC2)N1CCC(Cn2cc(-c3ccccn3)nn2)CC1. The molecule has 0 radical (unpaired) electrons. The molecule has 1 aliphatic heterocycles. The highest BCUT2D eigenvalue weighted by Crippen LogP contribution is 2.62. The zero-order valence-corrected chi connectivity index (χ0v) is 16.5. The minimum atomic E-state index is 0.334. The Balaban J connectivity index is 1.13. The van der Waals surface area contributed by atoms with E-state index in [1.165, 1.54) is 32.1 Å². The molecule has 1 spiro atoms. The van der Waals surface area contributed by atoms with Gasteiger partial charge in [-0.1, -0.05) is 30.5 Å². The van der Waals surface area contributed by atoms with Crippen LogP contribution in [0.1, 0.15) is 51.4 Å². The van der Waals surface area contributed by atoms with Crippen molar-refractivity contribution in [1.82, 2.24) is 24.9 Å². The molecule has 3 heterocycles. The highest BCUT2D eigenvalue weighted by Gasteiger charge is 2.58. The van der Waals surface area contributed by atoms with Crippen LogP contribution in [0, 0.1) is 17.3 Å². The Kier molecular flexibility index (Phi) is 4.65. The van der Waals surface area contributed by atoms with Crippen LogP contribution in [0.5, 0.6) is 0 Å². The van der Waals surface area contributed by atoms with Gasteiger partial charge >= 0.3 is 0 Å². The minimum Gasteiger partial charge on any atom is -0.342 e. The first-order valence-electron chi connectivity index (χ1n) is 10.8. The second-order valence-corrected chi connectivity index (χ2v) is 8.99. The summed E-state index contributed by atoms with van der Waals surface area (Å²) in [6.45, 7) is 2.67. The lowest BCUT2D eigenvalue weighted by Crippen LogP contribution is -2.41. The van der Waals surface area contributed by atoms with Crippen LogP contribution in [0.4, 0.5) is 0 Å². The number of likely N-dealkylation sites (tertiary alicyclic amines) is 1. The summed E-state index contributed by atoms with van der Waals surface area (Å²) < 4.78 is 1.93. The first-order chi connectivity index (χ1) is 13.7. The monoisotopic (exact) mass is 379 g/mol. The smallest absolute Gasteiger partial charge is 0.226 e. The maximum Gasteiger partial charge on any atom is 0.226 e. The van der Waals surface area contributed by atoms with Crippen LogP contribution in [0.15, 0.2) is 30.6 Å². The normalized spacial score (nSPS) is 24.4. The van der Waals surface area contributed by atoms with Crippen molar-refractivity contribution in [1.29, 1.82) is 0 Å². The van der Waals surface area contributed by atoms with E-state index in [-0.39, 0.29) is 0 Å². The maximum absolute atomic E-state index is 13.0. The van der Waals surface area contributed by atoms with Gasteiger partial charge in [0.1, 0.15) is 5.69 Å². The Morgan fingerprint density at radius 3 is 2.68 bits per heavy atom. The van der Waals surface area contributed by atoms with Crippen molar-refractivity contribution < 1.29 is 4.79 Å². The van der Waals surface area contributed by atoms with E-state index in [2.05, 4.69) is 20.2 Å². The Hall–Kier alpha value is -2.24. The molecule has 1 saturated heterocycles. The zero-order chi connectivity index (χ0) is 19.0. The van der Waals surface area contributed by atoms with Crippen molar-refractivity contribution in [2.24, 2.45) is 17.3 Å². The highest BCUT2D eigenvalue weighted by atomic mass is 16.2. The van der Waals surface area contributed by atoms with Crippen LogP contribution < -0.4 is 0 Å². The van der Waals surface area contributed by atoms with Gasteiger partial charge in [-0.05, 0) is 55.6 Å². The molecule has 3 fully saturated rings. The van der Waals surface area contributed by atoms with Crippen molar-refractivity contribution in [2.45, 2.75) is 57.9 Å². The molecule has 1 unspecified atom stereocenters. The van der Waals surface area contributed by atoms with Crippen LogP contribution in [0.2, 0.25) is 0 Å². The summed E-state index contributed by atoms with van der Waals surface area (Å²) in [6.07, 6.45) is 13.6. The molecule has 1 amide bonds. The summed E-state index contributed by atoms with van der Waals surface area (Å²) in [6, 6.07) is 5.82. The quantitative estimate of drug-likeness (QED) is 0.815. The number of carbonyl (C=O) groups is 1. The summed E-state index contributed by atoms with van der Waals surface area (Å²) >= 11 is 0. The van der Waals surface area contributed by atoms with E-state index in [0.717, 1.165) is 50.3 Å². The number of carbonyl (C=O) groups excluding carboxylic acids is 1. The number of amides is 1. The van der Waals surface area contributed by atoms with E-state index in [9.17, 15) is 4.79 Å². The van der Waals surface area contributed by atoms with Crippen LogP contribution in [0.3, 0.4) is 0 Å². The minimum absolute atomic E-state index is 0.334. The molecule has 1 atom stereocenters. The average molecular weight is 380 g/mol. The number of nitrogens with zero attached hydrogens (tertiary/aromatic N) is 5. The van der Waals surface area contributed by atoms with E-state index in [1.807, 2.05) is 29.1 Å². The van der Waals surface area contributed by atoms with Crippen molar-refractivity contribution in [3.05, 3.63) is 30.6 Å². The molecule has 148 valence electrons. The number of hydrogen-bond donors (Lipinski definition) is 0. The molecular weight excluding hydrogens is 350 g/mol. The van der Waals surface area contributed by atoms with E-state index in [1.54, 1.807) is 6.20 Å². The molecule has 6 nitrogen and oxygen atoms in total. The van der Waals surface area contributed by atoms with Gasteiger partial charge in [-0.15, -0.1) is 5.10 Å². The fourth-order valence-electron chi connectivity index (χ4n) is 5.35. The molecule has 5 rings (SSSR count). The Bertz CT molecular complexity index is 818. The lowest BCUT2D eigenvalue weighted by Gasteiger charge is -2.33. The van der Waals surface area contributed by atoms with Gasteiger partial charge in [0.05, 0.1) is 11.9 Å². The summed E-state index contributed by atoms with van der Waals surface area (Å²) in [7, 11) is 0. The average Bonchev–Trinajstić information content (AvgIpc) is 3.22. The van der Waals surface area contributed by atoms with Crippen LogP contribution >= 0.6 is 0 Å². The second kappa shape index (κ2) is 7.30. The van der Waals surface area contributed by atoms with Gasteiger partial charge in [0, 0.05) is 31.7 Å². The van der Waals surface area contributed by atoms with Gasteiger partial charge in [0.15, 0.2) is 0 Å². The van der Waals surface area contributed by atoms with Gasteiger partial charge in [0.25, 0.3) is 0 Å². The summed E-state index contributed by atoms with van der Waals surface area (Å²) in [4.78, 5) is 19.4. The predicted molar refractivity (Wildman–Crippen MR) is 106 cm³/mol. The summed E-state index contributed by atoms with van der Waals surface area (Å²) in [5.41, 5.74) is 2.07. The molecule has 3 aliphatic rings. The first-order valence-corrected chi connectivity index (χ1v) is 10.8. The number of rotatable bonds is 4. The van der Waals surface area contributed by atoms with E-state index >= 15 is 0 Å². The number of piperidine rings is 1. The summed E-state index contributed by atoms with van der Waals surface area (Å²) in [5, 5.41) is 8.54. The van der Waals surface area contributed by atoms with Gasteiger partial charge in [-0.3, -0.25) is 14.5 Å². The largest absolute Gasteiger partial charge is 0.342 e. The third-order valence-electron chi connectivity index (χ3n) is 7.17. The Morgan fingerprint density at radius 2 is 1.93 bits per heavy atom. The third kappa shape index (κ3) is 3.45. The molecule has 0 N–H and O–H groups in total. The molecule has 2 aliphatic carbocycles. The third-order valence-corrected chi connectivity index (χ3v) is 7.17. The molecule has 2 saturated carbocycles. The summed E-state index contributed by atoms with van der Waals surface area (Å²) in [5.74, 6) is 1.34. The zero-order valence-electron chi connectivity index (χ0n) is 16.5. The highest BCUT2D eigenvalue weighted by molar-refractivity contribution is 5.82. The molecule has 28 heavy (non-hydrogen) atoms. The van der Waals surface area contributed by atoms with E-state index in [0.29, 0.717) is 23.2 Å². The van der Waals surface area contributed by atoms with Gasteiger partial charge in [-0.2, -0.15) is 0 Å². The molecule has 6 heteroatoms. The number of hydrogen-bond acceptors (Lipinski definition) is 4. The number of pyridine rings is 1. The number of aromatic nitrogens is 4. The topological polar surface area (TPSA) is 63.9 Å². The van der Waals surface area contributed by atoms with Crippen molar-refractivity contribution in [3.8, 4) is 11.4 Å². The Morgan fingerprint density at radius 1 is 1.11 bits per heavy atom. The molecule has 2 aromatic heterocycles. The fourth-order valence-corrected chi connectivity index (χ4v) is 5.35. The lowest BCUT2D eigenvalue weighted by atomic mass is 9.84. The molecule has 0 bridgehead atoms. The van der Waals surface area contributed by atoms with Crippen LogP contribution in [-0.4, -0.2) is 43.9 Å². The Labute approximate surface area is 166 Å². The van der Waals surface area contributed by atoms with Crippen molar-refractivity contribution >= 4 is 5.91 Å².